The third-order valence-electron chi connectivity index (χ3n) is 4.49. The van der Waals surface area contributed by atoms with Crippen LogP contribution in [0.3, 0.4) is 0 Å². The van der Waals surface area contributed by atoms with Crippen LogP contribution in [0.15, 0.2) is 18.2 Å². The second kappa shape index (κ2) is 14.0. The first-order valence-corrected chi connectivity index (χ1v) is 10.2. The van der Waals surface area contributed by atoms with Crippen LogP contribution < -0.4 is 15.8 Å². The summed E-state index contributed by atoms with van der Waals surface area (Å²) in [6.45, 7) is 5.65. The van der Waals surface area contributed by atoms with Crippen molar-refractivity contribution in [1.29, 1.82) is 0 Å². The number of aryl methyl sites for hydroxylation is 2. The van der Waals surface area contributed by atoms with Crippen molar-refractivity contribution in [2.24, 2.45) is 11.7 Å². The number of amides is 1. The van der Waals surface area contributed by atoms with Crippen LogP contribution in [0.4, 0.5) is 0 Å². The van der Waals surface area contributed by atoms with E-state index in [2.05, 4.69) is 36.0 Å². The molecule has 0 unspecified atom stereocenters. The largest absolute Gasteiger partial charge is 0.493 e. The zero-order valence-electron chi connectivity index (χ0n) is 17.6. The van der Waals surface area contributed by atoms with E-state index in [1.807, 2.05) is 6.07 Å². The average molecular weight is 393 g/mol. The van der Waals surface area contributed by atoms with Crippen molar-refractivity contribution in [1.82, 2.24) is 5.32 Å². The highest BCUT2D eigenvalue weighted by molar-refractivity contribution is 5.81. The Morgan fingerprint density at radius 1 is 1.14 bits per heavy atom. The summed E-state index contributed by atoms with van der Waals surface area (Å²) in [5.41, 5.74) is 7.98. The van der Waals surface area contributed by atoms with Gasteiger partial charge in [0.2, 0.25) is 5.91 Å². The molecular weight excluding hydrogens is 356 g/mol. The lowest BCUT2D eigenvalue weighted by atomic mass is 9.98. The minimum absolute atomic E-state index is 0.0792. The molecule has 158 valence electrons. The Kier molecular flexibility index (Phi) is 12.0. The van der Waals surface area contributed by atoms with E-state index in [9.17, 15) is 9.59 Å². The smallest absolute Gasteiger partial charge is 0.325 e. The number of nitrogens with one attached hydrogen (secondary N) is 1. The normalized spacial score (nSPS) is 10.8. The highest BCUT2D eigenvalue weighted by Gasteiger charge is 2.09. The molecule has 1 amide bonds. The van der Waals surface area contributed by atoms with Crippen molar-refractivity contribution in [2.45, 2.75) is 58.8 Å². The topological polar surface area (TPSA) is 90.6 Å². The average Bonchev–Trinajstić information content (AvgIpc) is 2.67. The van der Waals surface area contributed by atoms with Gasteiger partial charge in [0.1, 0.15) is 12.3 Å². The molecule has 1 aromatic carbocycles. The number of carbonyl (C=O) groups is 2. The summed E-state index contributed by atoms with van der Waals surface area (Å²) in [5.74, 6) is 1.05. The number of nitrogens with two attached hydrogens (primary N) is 1. The Labute approximate surface area is 169 Å². The Morgan fingerprint density at radius 2 is 1.93 bits per heavy atom. The third kappa shape index (κ3) is 10.3. The van der Waals surface area contributed by atoms with Crippen molar-refractivity contribution >= 4 is 11.9 Å². The summed E-state index contributed by atoms with van der Waals surface area (Å²) in [4.78, 5) is 22.8. The first kappa shape index (κ1) is 24.0. The maximum Gasteiger partial charge on any atom is 0.325 e. The fourth-order valence-electron chi connectivity index (χ4n) is 2.88. The number of hydrogen-bond acceptors (Lipinski definition) is 5. The summed E-state index contributed by atoms with van der Waals surface area (Å²) in [6.07, 6.45) is 6.07. The fourth-order valence-corrected chi connectivity index (χ4v) is 2.88. The maximum absolute atomic E-state index is 11.8. The van der Waals surface area contributed by atoms with E-state index in [0.29, 0.717) is 25.5 Å². The van der Waals surface area contributed by atoms with Gasteiger partial charge < -0.3 is 20.5 Å². The van der Waals surface area contributed by atoms with E-state index in [1.165, 1.54) is 24.7 Å². The summed E-state index contributed by atoms with van der Waals surface area (Å²) in [5, 5.41) is 2.56. The van der Waals surface area contributed by atoms with Crippen LogP contribution in [-0.4, -0.2) is 38.7 Å². The van der Waals surface area contributed by atoms with Crippen molar-refractivity contribution in [3.05, 3.63) is 29.3 Å². The van der Waals surface area contributed by atoms with Crippen molar-refractivity contribution in [2.75, 3.05) is 26.8 Å². The van der Waals surface area contributed by atoms with Gasteiger partial charge in [0, 0.05) is 6.42 Å². The van der Waals surface area contributed by atoms with Crippen molar-refractivity contribution in [3.63, 3.8) is 0 Å². The van der Waals surface area contributed by atoms with Gasteiger partial charge in [-0.3, -0.25) is 9.59 Å². The molecule has 1 aromatic rings. The lowest BCUT2D eigenvalue weighted by Gasteiger charge is -2.14. The van der Waals surface area contributed by atoms with Crippen LogP contribution in [0, 0.1) is 5.92 Å². The number of hydrogen-bond donors (Lipinski definition) is 2. The van der Waals surface area contributed by atoms with Gasteiger partial charge in [0.05, 0.1) is 13.7 Å². The quantitative estimate of drug-likeness (QED) is 0.375. The van der Waals surface area contributed by atoms with Gasteiger partial charge in [-0.1, -0.05) is 32.4 Å². The fraction of sp³-hybridized carbons (Fsp3) is 0.636. The van der Waals surface area contributed by atoms with E-state index in [0.717, 1.165) is 37.9 Å². The zero-order valence-corrected chi connectivity index (χ0v) is 17.6. The highest BCUT2D eigenvalue weighted by atomic mass is 16.5. The van der Waals surface area contributed by atoms with E-state index in [-0.39, 0.29) is 12.5 Å². The molecule has 0 aliphatic carbocycles. The van der Waals surface area contributed by atoms with Crippen LogP contribution in [0.25, 0.3) is 0 Å². The van der Waals surface area contributed by atoms with Gasteiger partial charge in [0.25, 0.3) is 0 Å². The van der Waals surface area contributed by atoms with Crippen LogP contribution in [-0.2, 0) is 27.2 Å². The first-order chi connectivity index (χ1) is 13.5. The molecule has 0 radical (unpaired) electrons. The molecule has 0 aliphatic heterocycles. The number of carbonyl (C=O) groups excluding carboxylic acids is 2. The second-order valence-electron chi connectivity index (χ2n) is 7.43. The number of esters is 1. The first-order valence-electron chi connectivity index (χ1n) is 10.2. The van der Waals surface area contributed by atoms with Crippen LogP contribution in [0.1, 0.15) is 57.1 Å². The molecule has 0 spiro atoms. The van der Waals surface area contributed by atoms with E-state index >= 15 is 0 Å². The molecule has 3 N–H and O–H groups in total. The molecule has 28 heavy (non-hydrogen) atoms. The minimum Gasteiger partial charge on any atom is -0.493 e. The van der Waals surface area contributed by atoms with E-state index < -0.39 is 5.97 Å². The lowest BCUT2D eigenvalue weighted by Crippen LogP contribution is -2.29. The molecule has 0 saturated carbocycles. The molecule has 6 heteroatoms. The van der Waals surface area contributed by atoms with Crippen LogP contribution in [0.2, 0.25) is 0 Å². The van der Waals surface area contributed by atoms with Crippen LogP contribution in [0.5, 0.6) is 5.75 Å². The third-order valence-corrected chi connectivity index (χ3v) is 4.49. The number of benzene rings is 1. The summed E-state index contributed by atoms with van der Waals surface area (Å²) < 4.78 is 10.4. The predicted molar refractivity (Wildman–Crippen MR) is 111 cm³/mol. The molecule has 0 fully saturated rings. The van der Waals surface area contributed by atoms with Gasteiger partial charge in [-0.25, -0.2) is 0 Å². The van der Waals surface area contributed by atoms with Crippen molar-refractivity contribution < 1.29 is 19.1 Å². The van der Waals surface area contributed by atoms with Gasteiger partial charge in [-0.15, -0.1) is 0 Å². The lowest BCUT2D eigenvalue weighted by molar-refractivity contribution is -0.141. The second-order valence-corrected chi connectivity index (χ2v) is 7.43. The van der Waals surface area contributed by atoms with Crippen molar-refractivity contribution in [3.8, 4) is 5.75 Å². The number of ether oxygens (including phenoxy) is 2. The molecule has 0 aliphatic rings. The molecule has 0 heterocycles. The van der Waals surface area contributed by atoms with Crippen LogP contribution >= 0.6 is 0 Å². The molecule has 6 nitrogen and oxygen atoms in total. The SMILES string of the molecule is COC(=O)CNC(=O)CCCc1ccc(OCCCN)c(CCCC(C)C)c1. The zero-order chi connectivity index (χ0) is 20.8. The maximum atomic E-state index is 11.8. The number of rotatable bonds is 14. The Hall–Kier alpha value is -2.08. The summed E-state index contributed by atoms with van der Waals surface area (Å²) in [6, 6.07) is 6.30. The van der Waals surface area contributed by atoms with Gasteiger partial charge in [-0.2, -0.15) is 0 Å². The van der Waals surface area contributed by atoms with E-state index in [1.54, 1.807) is 0 Å². The summed E-state index contributed by atoms with van der Waals surface area (Å²) in [7, 11) is 1.30. The monoisotopic (exact) mass is 392 g/mol. The molecular formula is C22H36N2O4. The standard InChI is InChI=1S/C22H36N2O4/c1-17(2)7-4-9-19-15-18(11-12-20(19)28-14-6-13-23)8-5-10-21(25)24-16-22(26)27-3/h11-12,15,17H,4-10,13-14,16,23H2,1-3H3,(H,24,25). The Morgan fingerprint density at radius 3 is 2.61 bits per heavy atom. The summed E-state index contributed by atoms with van der Waals surface area (Å²) >= 11 is 0. The Bertz CT molecular complexity index is 602. The molecule has 1 rings (SSSR count). The molecule has 0 saturated heterocycles. The molecule has 0 bridgehead atoms. The predicted octanol–water partition coefficient (Wildman–Crippen LogP) is 3.00. The molecule has 0 atom stereocenters. The Balaban J connectivity index is 2.57. The van der Waals surface area contributed by atoms with E-state index in [4.69, 9.17) is 10.5 Å². The van der Waals surface area contributed by atoms with Gasteiger partial charge in [-0.05, 0) is 61.8 Å². The highest BCUT2D eigenvalue weighted by Crippen LogP contribution is 2.24. The molecule has 0 aromatic heterocycles. The van der Waals surface area contributed by atoms with Gasteiger partial charge in [0.15, 0.2) is 0 Å². The minimum atomic E-state index is -0.440. The van der Waals surface area contributed by atoms with Gasteiger partial charge >= 0.3 is 5.97 Å². The number of methoxy groups -OCH3 is 1.